The van der Waals surface area contributed by atoms with Gasteiger partial charge in [-0.2, -0.15) is 0 Å². The Labute approximate surface area is 101 Å². The third-order valence-corrected chi connectivity index (χ3v) is 3.07. The van der Waals surface area contributed by atoms with Gasteiger partial charge >= 0.3 is 0 Å². The first kappa shape index (κ1) is 11.2. The second-order valence-electron chi connectivity index (χ2n) is 4.09. The van der Waals surface area contributed by atoms with Gasteiger partial charge in [-0.15, -0.1) is 12.4 Å². The van der Waals surface area contributed by atoms with Gasteiger partial charge in [0.2, 0.25) is 0 Å². The van der Waals surface area contributed by atoms with Crippen molar-refractivity contribution in [1.29, 1.82) is 0 Å². The van der Waals surface area contributed by atoms with Crippen LogP contribution in [0.5, 0.6) is 5.75 Å². The van der Waals surface area contributed by atoms with E-state index in [1.807, 2.05) is 6.07 Å². The minimum atomic E-state index is 0. The number of fused-ring (bicyclic) bond motifs is 1. The zero-order valence-corrected chi connectivity index (χ0v) is 9.63. The fourth-order valence-corrected chi connectivity index (χ4v) is 2.04. The van der Waals surface area contributed by atoms with Crippen LogP contribution in [0.1, 0.15) is 18.0 Å². The van der Waals surface area contributed by atoms with Crippen molar-refractivity contribution in [3.8, 4) is 5.75 Å². The van der Waals surface area contributed by atoms with Crippen LogP contribution in [-0.2, 0) is 0 Å². The average Bonchev–Trinajstić information content (AvgIpc) is 2.15. The fraction of sp³-hybridized carbons (Fsp3) is 0.231. The van der Waals surface area contributed by atoms with Crippen molar-refractivity contribution < 1.29 is 5.11 Å². The zero-order valence-electron chi connectivity index (χ0n) is 8.81. The molecule has 1 fully saturated rings. The molecule has 84 valence electrons. The van der Waals surface area contributed by atoms with Gasteiger partial charge < -0.3 is 10.4 Å². The lowest BCUT2D eigenvalue weighted by molar-refractivity contribution is 0.383. The van der Waals surface area contributed by atoms with Gasteiger partial charge in [0.05, 0.1) is 0 Å². The normalized spacial score (nSPS) is 18.9. The molecule has 3 heteroatoms. The smallest absolute Gasteiger partial charge is 0.116 e. The Bertz CT molecular complexity index is 508. The van der Waals surface area contributed by atoms with E-state index in [-0.39, 0.29) is 12.4 Å². The Balaban J connectivity index is 0.000000963. The number of hydrogen-bond donors (Lipinski definition) is 2. The summed E-state index contributed by atoms with van der Waals surface area (Å²) in [7, 11) is 0. The molecule has 2 nitrogen and oxygen atoms in total. The number of phenols is 1. The summed E-state index contributed by atoms with van der Waals surface area (Å²) < 4.78 is 0. The van der Waals surface area contributed by atoms with E-state index in [4.69, 9.17) is 0 Å². The summed E-state index contributed by atoms with van der Waals surface area (Å²) in [6.45, 7) is 1.12. The van der Waals surface area contributed by atoms with E-state index >= 15 is 0 Å². The minimum Gasteiger partial charge on any atom is -0.508 e. The van der Waals surface area contributed by atoms with Gasteiger partial charge in [0, 0.05) is 6.04 Å². The SMILES string of the molecule is Cl.Oc1ccc2cc([C@H]3CCN3)ccc2c1. The monoisotopic (exact) mass is 235 g/mol. The molecule has 2 aromatic rings. The van der Waals surface area contributed by atoms with Crippen LogP contribution in [0.15, 0.2) is 36.4 Å². The number of nitrogens with one attached hydrogen (secondary N) is 1. The number of rotatable bonds is 1. The molecule has 1 saturated heterocycles. The van der Waals surface area contributed by atoms with Crippen LogP contribution in [-0.4, -0.2) is 11.7 Å². The first-order valence-corrected chi connectivity index (χ1v) is 5.29. The Kier molecular flexibility index (Phi) is 3.03. The number of hydrogen-bond acceptors (Lipinski definition) is 2. The van der Waals surface area contributed by atoms with Gasteiger partial charge in [0.25, 0.3) is 0 Å². The second kappa shape index (κ2) is 4.32. The maximum absolute atomic E-state index is 9.35. The molecule has 0 bridgehead atoms. The van der Waals surface area contributed by atoms with Gasteiger partial charge in [0.1, 0.15) is 5.75 Å². The van der Waals surface area contributed by atoms with Gasteiger partial charge in [-0.3, -0.25) is 0 Å². The van der Waals surface area contributed by atoms with Crippen LogP contribution >= 0.6 is 12.4 Å². The summed E-state index contributed by atoms with van der Waals surface area (Å²) in [5.74, 6) is 0.331. The maximum Gasteiger partial charge on any atom is 0.116 e. The Morgan fingerprint density at radius 2 is 1.75 bits per heavy atom. The molecule has 0 unspecified atom stereocenters. The van der Waals surface area contributed by atoms with Crippen LogP contribution in [0.4, 0.5) is 0 Å². The Morgan fingerprint density at radius 1 is 1.06 bits per heavy atom. The average molecular weight is 236 g/mol. The summed E-state index contributed by atoms with van der Waals surface area (Å²) in [6.07, 6.45) is 1.23. The van der Waals surface area contributed by atoms with E-state index in [0.717, 1.165) is 11.9 Å². The van der Waals surface area contributed by atoms with Gasteiger partial charge in [-0.1, -0.05) is 18.2 Å². The molecule has 0 aromatic heterocycles. The fourth-order valence-electron chi connectivity index (χ4n) is 2.04. The lowest BCUT2D eigenvalue weighted by Gasteiger charge is -2.28. The van der Waals surface area contributed by atoms with Crippen LogP contribution in [0.3, 0.4) is 0 Å². The van der Waals surface area contributed by atoms with Crippen molar-refractivity contribution in [1.82, 2.24) is 5.32 Å². The van der Waals surface area contributed by atoms with E-state index in [1.54, 1.807) is 12.1 Å². The summed E-state index contributed by atoms with van der Waals surface area (Å²) in [5, 5.41) is 15.0. The Morgan fingerprint density at radius 3 is 2.44 bits per heavy atom. The van der Waals surface area contributed by atoms with Crippen molar-refractivity contribution in [2.45, 2.75) is 12.5 Å². The molecule has 2 N–H and O–H groups in total. The number of benzene rings is 2. The van der Waals surface area contributed by atoms with Crippen LogP contribution in [0, 0.1) is 0 Å². The third-order valence-electron chi connectivity index (χ3n) is 3.07. The van der Waals surface area contributed by atoms with Crippen LogP contribution in [0.25, 0.3) is 10.8 Å². The largest absolute Gasteiger partial charge is 0.508 e. The summed E-state index contributed by atoms with van der Waals surface area (Å²) >= 11 is 0. The zero-order chi connectivity index (χ0) is 10.3. The molecule has 0 aliphatic carbocycles. The molecule has 0 saturated carbocycles. The standard InChI is InChI=1S/C13H13NO.ClH/c15-12-4-3-9-7-11(13-5-6-14-13)2-1-10(9)8-12;/h1-4,7-8,13-15H,5-6H2;1H/t13-;/m1./s1. The van der Waals surface area contributed by atoms with Crippen molar-refractivity contribution in [3.63, 3.8) is 0 Å². The van der Waals surface area contributed by atoms with Crippen LogP contribution in [0.2, 0.25) is 0 Å². The highest BCUT2D eigenvalue weighted by Gasteiger charge is 2.18. The van der Waals surface area contributed by atoms with Gasteiger partial charge in [0.15, 0.2) is 0 Å². The third kappa shape index (κ3) is 1.86. The highest BCUT2D eigenvalue weighted by Crippen LogP contribution is 2.27. The molecule has 1 aliphatic heterocycles. The summed E-state index contributed by atoms with van der Waals surface area (Å²) in [4.78, 5) is 0. The molecular formula is C13H14ClNO. The molecule has 1 heterocycles. The van der Waals surface area contributed by atoms with E-state index in [1.165, 1.54) is 17.4 Å². The predicted octanol–water partition coefficient (Wildman–Crippen LogP) is 3.00. The number of aromatic hydroxyl groups is 1. The second-order valence-corrected chi connectivity index (χ2v) is 4.09. The molecule has 0 spiro atoms. The van der Waals surface area contributed by atoms with Crippen molar-refractivity contribution in [2.24, 2.45) is 0 Å². The van der Waals surface area contributed by atoms with Crippen molar-refractivity contribution in [3.05, 3.63) is 42.0 Å². The van der Waals surface area contributed by atoms with E-state index < -0.39 is 0 Å². The predicted molar refractivity (Wildman–Crippen MR) is 68.2 cm³/mol. The molecule has 16 heavy (non-hydrogen) atoms. The molecule has 0 amide bonds. The molecular weight excluding hydrogens is 222 g/mol. The van der Waals surface area contributed by atoms with E-state index in [2.05, 4.69) is 23.5 Å². The molecule has 1 aliphatic rings. The van der Waals surface area contributed by atoms with Crippen molar-refractivity contribution in [2.75, 3.05) is 6.54 Å². The molecule has 0 radical (unpaired) electrons. The number of halogens is 1. The van der Waals surface area contributed by atoms with E-state index in [9.17, 15) is 5.11 Å². The first-order chi connectivity index (χ1) is 7.33. The quantitative estimate of drug-likeness (QED) is 0.797. The number of phenolic OH excluding ortho intramolecular Hbond substituents is 1. The summed E-state index contributed by atoms with van der Waals surface area (Å²) in [5.41, 5.74) is 1.35. The van der Waals surface area contributed by atoms with Gasteiger partial charge in [-0.05, 0) is 47.5 Å². The van der Waals surface area contributed by atoms with Crippen molar-refractivity contribution >= 4 is 23.2 Å². The van der Waals surface area contributed by atoms with Gasteiger partial charge in [-0.25, -0.2) is 0 Å². The minimum absolute atomic E-state index is 0. The highest BCUT2D eigenvalue weighted by molar-refractivity contribution is 5.85. The maximum atomic E-state index is 9.35. The molecule has 3 rings (SSSR count). The topological polar surface area (TPSA) is 32.3 Å². The molecule has 2 aromatic carbocycles. The lowest BCUT2D eigenvalue weighted by atomic mass is 9.95. The Hall–Kier alpha value is -1.25. The highest BCUT2D eigenvalue weighted by atomic mass is 35.5. The molecule has 1 atom stereocenters. The lowest BCUT2D eigenvalue weighted by Crippen LogP contribution is -2.34. The van der Waals surface area contributed by atoms with Crippen LogP contribution < -0.4 is 5.32 Å². The first-order valence-electron chi connectivity index (χ1n) is 5.29. The summed E-state index contributed by atoms with van der Waals surface area (Å²) in [6, 6.07) is 12.4. The van der Waals surface area contributed by atoms with E-state index in [0.29, 0.717) is 11.8 Å².